The summed E-state index contributed by atoms with van der Waals surface area (Å²) < 4.78 is 43.6. The number of ether oxygens (including phenoxy) is 1. The summed E-state index contributed by atoms with van der Waals surface area (Å²) in [6.45, 7) is -0.111. The van der Waals surface area contributed by atoms with Crippen molar-refractivity contribution in [2.75, 3.05) is 19.0 Å². The van der Waals surface area contributed by atoms with Crippen LogP contribution in [0.5, 0.6) is 5.75 Å². The van der Waals surface area contributed by atoms with Gasteiger partial charge in [-0.25, -0.2) is 0 Å². The van der Waals surface area contributed by atoms with Crippen molar-refractivity contribution in [1.29, 1.82) is 0 Å². The van der Waals surface area contributed by atoms with Gasteiger partial charge in [-0.3, -0.25) is 4.79 Å². The van der Waals surface area contributed by atoms with Gasteiger partial charge in [0.25, 0.3) is 0 Å². The van der Waals surface area contributed by atoms with Crippen molar-refractivity contribution < 1.29 is 22.7 Å². The molecule has 2 aromatic carbocycles. The van der Waals surface area contributed by atoms with E-state index in [1.807, 2.05) is 0 Å². The summed E-state index contributed by atoms with van der Waals surface area (Å²) in [6, 6.07) is 9.56. The first kappa shape index (κ1) is 17.3. The van der Waals surface area contributed by atoms with E-state index in [1.54, 1.807) is 18.2 Å². The zero-order valence-corrected chi connectivity index (χ0v) is 13.7. The lowest BCUT2D eigenvalue weighted by Gasteiger charge is -2.10. The molecule has 0 spiro atoms. The van der Waals surface area contributed by atoms with Crippen LogP contribution >= 0.6 is 15.9 Å². The molecule has 2 rings (SSSR count). The molecule has 0 radical (unpaired) electrons. The van der Waals surface area contributed by atoms with Gasteiger partial charge in [-0.2, -0.15) is 13.2 Å². The number of benzene rings is 2. The average molecular weight is 388 g/mol. The maximum atomic E-state index is 12.6. The van der Waals surface area contributed by atoms with Gasteiger partial charge in [-0.05, 0) is 52.3 Å². The van der Waals surface area contributed by atoms with Crippen molar-refractivity contribution in [2.45, 2.75) is 6.18 Å². The van der Waals surface area contributed by atoms with Crippen molar-refractivity contribution in [3.05, 3.63) is 58.1 Å². The Morgan fingerprint density at radius 3 is 2.57 bits per heavy atom. The molecular formula is C16H13BrF3NO2. The molecule has 0 aliphatic heterocycles. The highest BCUT2D eigenvalue weighted by molar-refractivity contribution is 9.10. The number of nitrogens with one attached hydrogen (secondary N) is 1. The highest BCUT2D eigenvalue weighted by atomic mass is 79.9. The van der Waals surface area contributed by atoms with E-state index in [1.165, 1.54) is 19.2 Å². The predicted molar refractivity (Wildman–Crippen MR) is 85.0 cm³/mol. The van der Waals surface area contributed by atoms with Crippen LogP contribution in [-0.2, 0) is 6.18 Å². The molecule has 0 aliphatic carbocycles. The Bertz CT molecular complexity index is 717. The molecule has 7 heteroatoms. The number of anilines is 1. The first-order valence-electron chi connectivity index (χ1n) is 6.59. The Kier molecular flexibility index (Phi) is 5.30. The summed E-state index contributed by atoms with van der Waals surface area (Å²) in [5.74, 6) is 0.346. The lowest BCUT2D eigenvalue weighted by atomic mass is 10.1. The lowest BCUT2D eigenvalue weighted by molar-refractivity contribution is -0.137. The third-order valence-electron chi connectivity index (χ3n) is 3.12. The molecule has 0 bridgehead atoms. The van der Waals surface area contributed by atoms with Crippen molar-refractivity contribution in [1.82, 2.24) is 0 Å². The standard InChI is InChI=1S/C16H13BrF3NO2/c1-23-15-6-5-10(7-13(15)17)14(22)9-21-12-4-2-3-11(8-12)16(18,19)20/h2-8,21H,9H2,1H3. The minimum atomic E-state index is -4.41. The maximum Gasteiger partial charge on any atom is 0.416 e. The van der Waals surface area contributed by atoms with E-state index in [2.05, 4.69) is 21.2 Å². The Labute approximate surface area is 139 Å². The second-order valence-electron chi connectivity index (χ2n) is 4.70. The SMILES string of the molecule is COc1ccc(C(=O)CNc2cccc(C(F)(F)F)c2)cc1Br. The second kappa shape index (κ2) is 7.04. The van der Waals surface area contributed by atoms with Gasteiger partial charge in [0.2, 0.25) is 0 Å². The number of alkyl halides is 3. The first-order chi connectivity index (χ1) is 10.8. The Morgan fingerprint density at radius 1 is 1.22 bits per heavy atom. The maximum absolute atomic E-state index is 12.6. The molecule has 0 saturated carbocycles. The Morgan fingerprint density at radius 2 is 1.96 bits per heavy atom. The molecule has 0 heterocycles. The number of rotatable bonds is 5. The van der Waals surface area contributed by atoms with Crippen LogP contribution in [0.25, 0.3) is 0 Å². The van der Waals surface area contributed by atoms with E-state index >= 15 is 0 Å². The molecule has 0 unspecified atom stereocenters. The van der Waals surface area contributed by atoms with E-state index in [0.717, 1.165) is 12.1 Å². The monoisotopic (exact) mass is 387 g/mol. The van der Waals surface area contributed by atoms with E-state index in [9.17, 15) is 18.0 Å². The fourth-order valence-electron chi connectivity index (χ4n) is 1.93. The highest BCUT2D eigenvalue weighted by Gasteiger charge is 2.30. The van der Waals surface area contributed by atoms with Gasteiger partial charge in [0.15, 0.2) is 5.78 Å². The van der Waals surface area contributed by atoms with Crippen molar-refractivity contribution in [2.24, 2.45) is 0 Å². The fourth-order valence-corrected chi connectivity index (χ4v) is 2.47. The van der Waals surface area contributed by atoms with E-state index in [-0.39, 0.29) is 18.0 Å². The summed E-state index contributed by atoms with van der Waals surface area (Å²) in [5, 5.41) is 2.71. The van der Waals surface area contributed by atoms with Crippen LogP contribution in [0.15, 0.2) is 46.9 Å². The van der Waals surface area contributed by atoms with Crippen molar-refractivity contribution in [3.63, 3.8) is 0 Å². The van der Waals surface area contributed by atoms with E-state index < -0.39 is 11.7 Å². The van der Waals surface area contributed by atoms with Crippen molar-refractivity contribution >= 4 is 27.4 Å². The van der Waals surface area contributed by atoms with Gasteiger partial charge < -0.3 is 10.1 Å². The number of carbonyl (C=O) groups excluding carboxylic acids is 1. The number of hydrogen-bond acceptors (Lipinski definition) is 3. The third-order valence-corrected chi connectivity index (χ3v) is 3.74. The zero-order chi connectivity index (χ0) is 17.0. The van der Waals surface area contributed by atoms with Gasteiger partial charge in [-0.1, -0.05) is 6.07 Å². The lowest BCUT2D eigenvalue weighted by Crippen LogP contribution is -2.14. The molecule has 122 valence electrons. The van der Waals surface area contributed by atoms with Gasteiger partial charge in [0, 0.05) is 11.3 Å². The minimum absolute atomic E-state index is 0.111. The molecule has 0 atom stereocenters. The molecule has 23 heavy (non-hydrogen) atoms. The first-order valence-corrected chi connectivity index (χ1v) is 7.38. The number of hydrogen-bond donors (Lipinski definition) is 1. The zero-order valence-electron chi connectivity index (χ0n) is 12.1. The average Bonchev–Trinajstić information content (AvgIpc) is 2.52. The molecular weight excluding hydrogens is 375 g/mol. The van der Waals surface area contributed by atoms with Gasteiger partial charge in [0.1, 0.15) is 5.75 Å². The smallest absolute Gasteiger partial charge is 0.416 e. The van der Waals surface area contributed by atoms with Crippen LogP contribution in [0.2, 0.25) is 0 Å². The minimum Gasteiger partial charge on any atom is -0.496 e. The normalized spacial score (nSPS) is 11.2. The van der Waals surface area contributed by atoms with Crippen LogP contribution in [0.3, 0.4) is 0 Å². The summed E-state index contributed by atoms with van der Waals surface area (Å²) in [7, 11) is 1.51. The van der Waals surface area contributed by atoms with Crippen LogP contribution in [0.1, 0.15) is 15.9 Å². The van der Waals surface area contributed by atoms with Gasteiger partial charge in [-0.15, -0.1) is 0 Å². The Hall–Kier alpha value is -2.02. The van der Waals surface area contributed by atoms with Crippen LogP contribution in [-0.4, -0.2) is 19.4 Å². The summed E-state index contributed by atoms with van der Waals surface area (Å²) in [6.07, 6.45) is -4.41. The van der Waals surface area contributed by atoms with Gasteiger partial charge in [0.05, 0.1) is 23.7 Å². The quantitative estimate of drug-likeness (QED) is 0.750. The fraction of sp³-hybridized carbons (Fsp3) is 0.188. The van der Waals surface area contributed by atoms with E-state index in [0.29, 0.717) is 15.8 Å². The Balaban J connectivity index is 2.06. The molecule has 0 aliphatic rings. The number of methoxy groups -OCH3 is 1. The van der Waals surface area contributed by atoms with Crippen LogP contribution in [0.4, 0.5) is 18.9 Å². The number of Topliss-reactive ketones (excluding diaryl/α,β-unsaturated/α-hetero) is 1. The molecule has 0 aromatic heterocycles. The van der Waals surface area contributed by atoms with Crippen molar-refractivity contribution in [3.8, 4) is 5.75 Å². The topological polar surface area (TPSA) is 38.3 Å². The molecule has 0 amide bonds. The number of ketones is 1. The number of halogens is 4. The third kappa shape index (κ3) is 4.48. The molecule has 2 aromatic rings. The highest BCUT2D eigenvalue weighted by Crippen LogP contribution is 2.30. The van der Waals surface area contributed by atoms with Crippen LogP contribution in [0, 0.1) is 0 Å². The molecule has 3 nitrogen and oxygen atoms in total. The number of carbonyl (C=O) groups is 1. The molecule has 0 fully saturated rings. The summed E-state index contributed by atoms with van der Waals surface area (Å²) in [4.78, 5) is 12.1. The molecule has 0 saturated heterocycles. The van der Waals surface area contributed by atoms with E-state index in [4.69, 9.17) is 4.74 Å². The van der Waals surface area contributed by atoms with Gasteiger partial charge >= 0.3 is 6.18 Å². The predicted octanol–water partition coefficient (Wildman–Crippen LogP) is 4.77. The summed E-state index contributed by atoms with van der Waals surface area (Å²) in [5.41, 5.74) is -0.0972. The second-order valence-corrected chi connectivity index (χ2v) is 5.56. The van der Waals surface area contributed by atoms with Crippen LogP contribution < -0.4 is 10.1 Å². The molecule has 1 N–H and O–H groups in total. The summed E-state index contributed by atoms with van der Waals surface area (Å²) >= 11 is 3.28. The largest absolute Gasteiger partial charge is 0.496 e.